The number of hydrogen-bond donors (Lipinski definition) is 2. The van der Waals surface area contributed by atoms with E-state index in [1.807, 2.05) is 42.5 Å². The molecule has 0 aliphatic heterocycles. The highest BCUT2D eigenvalue weighted by Gasteiger charge is 2.07. The maximum atomic E-state index is 5.74. The summed E-state index contributed by atoms with van der Waals surface area (Å²) in [4.78, 5) is 0.375. The van der Waals surface area contributed by atoms with Gasteiger partial charge in [-0.2, -0.15) is 0 Å². The van der Waals surface area contributed by atoms with E-state index in [-0.39, 0.29) is 0 Å². The van der Waals surface area contributed by atoms with Crippen LogP contribution in [0.4, 0.5) is 5.69 Å². The first-order valence-electron chi connectivity index (χ1n) is 6.07. The Labute approximate surface area is 132 Å². The normalized spacial score (nSPS) is 10.1. The fraction of sp³-hybridized carbons (Fsp3) is 0.133. The molecule has 0 spiro atoms. The second kappa shape index (κ2) is 6.72. The SMILES string of the molecule is COc1ccccc1CNc1cc(Br)ccc1C(N)=S. The minimum absolute atomic E-state index is 0.375. The molecular formula is C15H15BrN2OS. The van der Waals surface area contributed by atoms with E-state index in [2.05, 4.69) is 21.2 Å². The number of anilines is 1. The van der Waals surface area contributed by atoms with Gasteiger partial charge in [0.1, 0.15) is 10.7 Å². The van der Waals surface area contributed by atoms with Gasteiger partial charge in [0.15, 0.2) is 0 Å². The van der Waals surface area contributed by atoms with Crippen LogP contribution in [0.15, 0.2) is 46.9 Å². The Balaban J connectivity index is 2.22. The quantitative estimate of drug-likeness (QED) is 0.807. The maximum Gasteiger partial charge on any atom is 0.123 e. The van der Waals surface area contributed by atoms with Gasteiger partial charge in [-0.25, -0.2) is 0 Å². The fourth-order valence-electron chi connectivity index (χ4n) is 1.92. The van der Waals surface area contributed by atoms with Crippen LogP contribution < -0.4 is 15.8 Å². The second-order valence-electron chi connectivity index (χ2n) is 4.22. The van der Waals surface area contributed by atoms with Gasteiger partial charge in [0.2, 0.25) is 0 Å². The lowest BCUT2D eigenvalue weighted by Gasteiger charge is -2.13. The van der Waals surface area contributed by atoms with E-state index >= 15 is 0 Å². The second-order valence-corrected chi connectivity index (χ2v) is 5.58. The molecule has 2 aromatic rings. The summed E-state index contributed by atoms with van der Waals surface area (Å²) in [5, 5.41) is 3.35. The molecule has 0 radical (unpaired) electrons. The van der Waals surface area contributed by atoms with Crippen LogP contribution in [0.2, 0.25) is 0 Å². The Bertz CT molecular complexity index is 631. The molecule has 2 rings (SSSR count). The molecule has 0 bridgehead atoms. The van der Waals surface area contributed by atoms with Gasteiger partial charge in [-0.3, -0.25) is 0 Å². The fourth-order valence-corrected chi connectivity index (χ4v) is 2.46. The van der Waals surface area contributed by atoms with Gasteiger partial charge < -0.3 is 15.8 Å². The summed E-state index contributed by atoms with van der Waals surface area (Å²) in [5.41, 5.74) is 8.55. The third kappa shape index (κ3) is 3.49. The van der Waals surface area contributed by atoms with Crippen molar-refractivity contribution in [1.82, 2.24) is 0 Å². The van der Waals surface area contributed by atoms with E-state index in [9.17, 15) is 0 Å². The molecule has 0 saturated carbocycles. The molecule has 0 aliphatic carbocycles. The van der Waals surface area contributed by atoms with Crippen molar-refractivity contribution in [3.8, 4) is 5.75 Å². The van der Waals surface area contributed by atoms with Crippen LogP contribution in [0.25, 0.3) is 0 Å². The number of rotatable bonds is 5. The van der Waals surface area contributed by atoms with E-state index in [1.165, 1.54) is 0 Å². The number of hydrogen-bond acceptors (Lipinski definition) is 3. The molecule has 20 heavy (non-hydrogen) atoms. The molecule has 3 N–H and O–H groups in total. The van der Waals surface area contributed by atoms with Crippen molar-refractivity contribution >= 4 is 38.8 Å². The molecule has 0 amide bonds. The lowest BCUT2D eigenvalue weighted by atomic mass is 10.1. The molecule has 0 atom stereocenters. The summed E-state index contributed by atoms with van der Waals surface area (Å²) in [7, 11) is 1.67. The predicted molar refractivity (Wildman–Crippen MR) is 90.4 cm³/mol. The lowest BCUT2D eigenvalue weighted by Crippen LogP contribution is -2.13. The van der Waals surface area contributed by atoms with E-state index in [4.69, 9.17) is 22.7 Å². The zero-order chi connectivity index (χ0) is 14.5. The zero-order valence-electron chi connectivity index (χ0n) is 11.0. The summed E-state index contributed by atoms with van der Waals surface area (Å²) in [6, 6.07) is 13.7. The lowest BCUT2D eigenvalue weighted by molar-refractivity contribution is 0.410. The highest BCUT2D eigenvalue weighted by molar-refractivity contribution is 9.10. The smallest absolute Gasteiger partial charge is 0.123 e. The van der Waals surface area contributed by atoms with Gasteiger partial charge in [-0.15, -0.1) is 0 Å². The molecule has 0 heterocycles. The van der Waals surface area contributed by atoms with Crippen LogP contribution in [0.3, 0.4) is 0 Å². The van der Waals surface area contributed by atoms with Gasteiger partial charge in [0.25, 0.3) is 0 Å². The number of nitrogens with two attached hydrogens (primary N) is 1. The minimum atomic E-state index is 0.375. The average molecular weight is 351 g/mol. The number of para-hydroxylation sites is 1. The Hall–Kier alpha value is -1.59. The molecule has 104 valence electrons. The average Bonchev–Trinajstić information content (AvgIpc) is 2.45. The molecule has 0 unspecified atom stereocenters. The van der Waals surface area contributed by atoms with Gasteiger partial charge in [0.05, 0.1) is 7.11 Å². The number of ether oxygens (including phenoxy) is 1. The van der Waals surface area contributed by atoms with Crippen molar-refractivity contribution in [2.24, 2.45) is 5.73 Å². The molecular weight excluding hydrogens is 336 g/mol. The monoisotopic (exact) mass is 350 g/mol. The molecule has 3 nitrogen and oxygen atoms in total. The van der Waals surface area contributed by atoms with Gasteiger partial charge in [0, 0.05) is 27.8 Å². The summed E-state index contributed by atoms with van der Waals surface area (Å²) in [6.45, 7) is 0.635. The number of methoxy groups -OCH3 is 1. The standard InChI is InChI=1S/C15H15BrN2OS/c1-19-14-5-3-2-4-10(14)9-18-13-8-11(16)6-7-12(13)15(17)20/h2-8,18H,9H2,1H3,(H2,17,20). The highest BCUT2D eigenvalue weighted by Crippen LogP contribution is 2.24. The largest absolute Gasteiger partial charge is 0.496 e. The van der Waals surface area contributed by atoms with Gasteiger partial charge >= 0.3 is 0 Å². The molecule has 0 fully saturated rings. The topological polar surface area (TPSA) is 47.3 Å². The minimum Gasteiger partial charge on any atom is -0.496 e. The van der Waals surface area contributed by atoms with Crippen LogP contribution in [0, 0.1) is 0 Å². The Morgan fingerprint density at radius 1 is 1.30 bits per heavy atom. The summed E-state index contributed by atoms with van der Waals surface area (Å²) in [5.74, 6) is 0.854. The predicted octanol–water partition coefficient (Wildman–Crippen LogP) is 3.70. The van der Waals surface area contributed by atoms with Crippen molar-refractivity contribution in [3.63, 3.8) is 0 Å². The molecule has 0 aromatic heterocycles. The molecule has 0 aliphatic rings. The van der Waals surface area contributed by atoms with Crippen molar-refractivity contribution in [3.05, 3.63) is 58.1 Å². The number of thiocarbonyl (C=S) groups is 1. The number of nitrogens with one attached hydrogen (secondary N) is 1. The Kier molecular flexibility index (Phi) is 4.98. The van der Waals surface area contributed by atoms with Crippen molar-refractivity contribution in [2.75, 3.05) is 12.4 Å². The van der Waals surface area contributed by atoms with Crippen LogP contribution in [-0.4, -0.2) is 12.1 Å². The van der Waals surface area contributed by atoms with E-state index < -0.39 is 0 Å². The molecule has 2 aromatic carbocycles. The third-order valence-electron chi connectivity index (χ3n) is 2.91. The zero-order valence-corrected chi connectivity index (χ0v) is 13.4. The highest BCUT2D eigenvalue weighted by atomic mass is 79.9. The maximum absolute atomic E-state index is 5.74. The molecule has 0 saturated heterocycles. The molecule has 5 heteroatoms. The third-order valence-corrected chi connectivity index (χ3v) is 3.62. The van der Waals surface area contributed by atoms with E-state index in [0.717, 1.165) is 27.0 Å². The van der Waals surface area contributed by atoms with Crippen LogP contribution in [0.5, 0.6) is 5.75 Å². The van der Waals surface area contributed by atoms with Crippen molar-refractivity contribution in [2.45, 2.75) is 6.54 Å². The Morgan fingerprint density at radius 2 is 2.05 bits per heavy atom. The van der Waals surface area contributed by atoms with Crippen molar-refractivity contribution in [1.29, 1.82) is 0 Å². The van der Waals surface area contributed by atoms with Crippen molar-refractivity contribution < 1.29 is 4.74 Å². The summed E-state index contributed by atoms with van der Waals surface area (Å²) < 4.78 is 6.31. The first kappa shape index (κ1) is 14.8. The van der Waals surface area contributed by atoms with Crippen LogP contribution in [-0.2, 0) is 6.54 Å². The van der Waals surface area contributed by atoms with E-state index in [0.29, 0.717) is 11.5 Å². The van der Waals surface area contributed by atoms with Gasteiger partial charge in [-0.1, -0.05) is 46.3 Å². The first-order valence-corrected chi connectivity index (χ1v) is 7.27. The van der Waals surface area contributed by atoms with Crippen LogP contribution in [0.1, 0.15) is 11.1 Å². The van der Waals surface area contributed by atoms with Crippen LogP contribution >= 0.6 is 28.1 Å². The number of halogens is 1. The van der Waals surface area contributed by atoms with Gasteiger partial charge in [-0.05, 0) is 24.3 Å². The summed E-state index contributed by atoms with van der Waals surface area (Å²) in [6.07, 6.45) is 0. The Morgan fingerprint density at radius 3 is 2.75 bits per heavy atom. The number of benzene rings is 2. The first-order chi connectivity index (χ1) is 9.61. The summed E-state index contributed by atoms with van der Waals surface area (Å²) >= 11 is 8.52. The van der Waals surface area contributed by atoms with E-state index in [1.54, 1.807) is 7.11 Å².